The molecule has 1 aliphatic carbocycles. The van der Waals surface area contributed by atoms with E-state index in [1.54, 1.807) is 7.11 Å². The molecule has 1 unspecified atom stereocenters. The normalized spacial score (nSPS) is 17.8. The Morgan fingerprint density at radius 2 is 2.11 bits per heavy atom. The van der Waals surface area contributed by atoms with Crippen LogP contribution in [0.5, 0.6) is 5.75 Å². The fraction of sp³-hybridized carbons (Fsp3) is 0.467. The predicted molar refractivity (Wildman–Crippen MR) is 70.4 cm³/mol. The van der Waals surface area contributed by atoms with Crippen LogP contribution in [-0.2, 0) is 16.0 Å². The first-order valence-electron chi connectivity index (χ1n) is 6.41. The number of rotatable bonds is 4. The summed E-state index contributed by atoms with van der Waals surface area (Å²) in [5.74, 6) is 0.748. The van der Waals surface area contributed by atoms with Crippen molar-refractivity contribution >= 4 is 11.8 Å². The van der Waals surface area contributed by atoms with Crippen LogP contribution in [-0.4, -0.2) is 26.0 Å². The summed E-state index contributed by atoms with van der Waals surface area (Å²) in [5.41, 5.74) is 1.73. The quantitative estimate of drug-likeness (QED) is 0.782. The highest BCUT2D eigenvalue weighted by Gasteiger charge is 2.27. The van der Waals surface area contributed by atoms with Gasteiger partial charge in [-0.2, -0.15) is 0 Å². The van der Waals surface area contributed by atoms with E-state index in [9.17, 15) is 9.59 Å². The van der Waals surface area contributed by atoms with Gasteiger partial charge in [0.15, 0.2) is 5.78 Å². The van der Waals surface area contributed by atoms with Crippen molar-refractivity contribution in [3.8, 4) is 5.75 Å². The molecular formula is C15H18O4. The molecule has 0 N–H and O–H groups in total. The monoisotopic (exact) mass is 262 g/mol. The smallest absolute Gasteiger partial charge is 0.305 e. The van der Waals surface area contributed by atoms with Gasteiger partial charge in [-0.05, 0) is 30.4 Å². The van der Waals surface area contributed by atoms with Crippen LogP contribution in [0, 0.1) is 5.92 Å². The molecule has 19 heavy (non-hydrogen) atoms. The molecule has 0 bridgehead atoms. The molecule has 102 valence electrons. The standard InChI is InChI=1S/C15H18O4/c1-18-13-5-3-4-11-8-10(6-7-14(17)19-2)9-12(16)15(11)13/h3-5,10H,6-9H2,1-2H3. The third-order valence-corrected chi connectivity index (χ3v) is 3.58. The first kappa shape index (κ1) is 13.6. The molecule has 0 radical (unpaired) electrons. The Balaban J connectivity index is 2.12. The van der Waals surface area contributed by atoms with Crippen molar-refractivity contribution in [1.29, 1.82) is 0 Å². The van der Waals surface area contributed by atoms with Crippen LogP contribution in [0.1, 0.15) is 35.2 Å². The van der Waals surface area contributed by atoms with E-state index in [1.807, 2.05) is 18.2 Å². The molecule has 1 atom stereocenters. The molecule has 0 fully saturated rings. The lowest BCUT2D eigenvalue weighted by molar-refractivity contribution is -0.140. The predicted octanol–water partition coefficient (Wildman–Crippen LogP) is 2.39. The number of ketones is 1. The van der Waals surface area contributed by atoms with E-state index in [0.29, 0.717) is 30.6 Å². The number of Topliss-reactive ketones (excluding diaryl/α,β-unsaturated/α-hetero) is 1. The van der Waals surface area contributed by atoms with E-state index in [0.717, 1.165) is 12.0 Å². The Morgan fingerprint density at radius 3 is 2.79 bits per heavy atom. The molecule has 4 nitrogen and oxygen atoms in total. The molecule has 0 saturated heterocycles. The maximum Gasteiger partial charge on any atom is 0.305 e. The third kappa shape index (κ3) is 2.95. The Morgan fingerprint density at radius 1 is 1.32 bits per heavy atom. The van der Waals surface area contributed by atoms with Gasteiger partial charge in [0, 0.05) is 12.8 Å². The largest absolute Gasteiger partial charge is 0.496 e. The van der Waals surface area contributed by atoms with Crippen LogP contribution in [0.15, 0.2) is 18.2 Å². The molecule has 1 aromatic rings. The van der Waals surface area contributed by atoms with E-state index in [2.05, 4.69) is 4.74 Å². The molecule has 4 heteroatoms. The lowest BCUT2D eigenvalue weighted by Gasteiger charge is -2.24. The number of fused-ring (bicyclic) bond motifs is 1. The summed E-state index contributed by atoms with van der Waals surface area (Å²) < 4.78 is 9.87. The van der Waals surface area contributed by atoms with Gasteiger partial charge < -0.3 is 9.47 Å². The van der Waals surface area contributed by atoms with Gasteiger partial charge in [0.05, 0.1) is 19.8 Å². The van der Waals surface area contributed by atoms with Gasteiger partial charge in [0.1, 0.15) is 5.75 Å². The summed E-state index contributed by atoms with van der Waals surface area (Å²) in [7, 11) is 2.96. The topological polar surface area (TPSA) is 52.6 Å². The van der Waals surface area contributed by atoms with Crippen LogP contribution in [0.2, 0.25) is 0 Å². The highest BCUT2D eigenvalue weighted by atomic mass is 16.5. The lowest BCUT2D eigenvalue weighted by Crippen LogP contribution is -2.21. The molecular weight excluding hydrogens is 244 g/mol. The number of hydrogen-bond donors (Lipinski definition) is 0. The maximum atomic E-state index is 12.2. The van der Waals surface area contributed by atoms with E-state index >= 15 is 0 Å². The van der Waals surface area contributed by atoms with E-state index in [-0.39, 0.29) is 17.7 Å². The summed E-state index contributed by atoms with van der Waals surface area (Å²) >= 11 is 0. The Kier molecular flexibility index (Phi) is 4.20. The second kappa shape index (κ2) is 5.87. The molecule has 2 rings (SSSR count). The minimum Gasteiger partial charge on any atom is -0.496 e. The minimum absolute atomic E-state index is 0.105. The summed E-state index contributed by atoms with van der Waals surface area (Å²) in [6.45, 7) is 0. The number of ether oxygens (including phenoxy) is 2. The van der Waals surface area contributed by atoms with Crippen molar-refractivity contribution in [2.45, 2.75) is 25.7 Å². The average Bonchev–Trinajstić information content (AvgIpc) is 2.43. The third-order valence-electron chi connectivity index (χ3n) is 3.58. The van der Waals surface area contributed by atoms with Gasteiger partial charge in [-0.15, -0.1) is 0 Å². The van der Waals surface area contributed by atoms with E-state index in [1.165, 1.54) is 7.11 Å². The fourth-order valence-electron chi connectivity index (χ4n) is 2.61. The SMILES string of the molecule is COC(=O)CCC1CC(=O)c2c(cccc2OC)C1. The van der Waals surface area contributed by atoms with Crippen LogP contribution in [0.4, 0.5) is 0 Å². The highest BCUT2D eigenvalue weighted by Crippen LogP contribution is 2.33. The zero-order chi connectivity index (χ0) is 13.8. The average molecular weight is 262 g/mol. The maximum absolute atomic E-state index is 12.2. The molecule has 0 heterocycles. The number of carbonyl (C=O) groups is 2. The summed E-state index contributed by atoms with van der Waals surface area (Å²) in [4.78, 5) is 23.3. The molecule has 0 aromatic heterocycles. The van der Waals surface area contributed by atoms with Crippen molar-refractivity contribution in [2.75, 3.05) is 14.2 Å². The Labute approximate surface area is 112 Å². The number of carbonyl (C=O) groups excluding carboxylic acids is 2. The van der Waals surface area contributed by atoms with Crippen molar-refractivity contribution in [3.05, 3.63) is 29.3 Å². The summed E-state index contributed by atoms with van der Waals surface area (Å²) in [6, 6.07) is 5.67. The molecule has 0 amide bonds. The number of hydrogen-bond acceptors (Lipinski definition) is 4. The van der Waals surface area contributed by atoms with Gasteiger partial charge in [0.2, 0.25) is 0 Å². The zero-order valence-corrected chi connectivity index (χ0v) is 11.3. The van der Waals surface area contributed by atoms with Crippen molar-refractivity contribution in [1.82, 2.24) is 0 Å². The molecule has 0 saturated carbocycles. The molecule has 1 aromatic carbocycles. The van der Waals surface area contributed by atoms with Crippen molar-refractivity contribution in [2.24, 2.45) is 5.92 Å². The van der Waals surface area contributed by atoms with Gasteiger partial charge in [-0.1, -0.05) is 12.1 Å². The summed E-state index contributed by atoms with van der Waals surface area (Å²) in [5, 5.41) is 0. The first-order valence-corrected chi connectivity index (χ1v) is 6.41. The molecule has 1 aliphatic rings. The van der Waals surface area contributed by atoms with Gasteiger partial charge in [0.25, 0.3) is 0 Å². The van der Waals surface area contributed by atoms with Crippen molar-refractivity contribution in [3.63, 3.8) is 0 Å². The Hall–Kier alpha value is -1.84. The molecule has 0 aliphatic heterocycles. The Bertz CT molecular complexity index is 493. The summed E-state index contributed by atoms with van der Waals surface area (Å²) in [6.07, 6.45) is 2.35. The van der Waals surface area contributed by atoms with Gasteiger partial charge >= 0.3 is 5.97 Å². The van der Waals surface area contributed by atoms with Crippen LogP contribution in [0.25, 0.3) is 0 Å². The van der Waals surface area contributed by atoms with E-state index in [4.69, 9.17) is 4.74 Å². The number of esters is 1. The van der Waals surface area contributed by atoms with E-state index < -0.39 is 0 Å². The minimum atomic E-state index is -0.219. The van der Waals surface area contributed by atoms with Gasteiger partial charge in [-0.25, -0.2) is 0 Å². The van der Waals surface area contributed by atoms with Crippen molar-refractivity contribution < 1.29 is 19.1 Å². The second-order valence-corrected chi connectivity index (χ2v) is 4.81. The van der Waals surface area contributed by atoms with Crippen LogP contribution < -0.4 is 4.74 Å². The van der Waals surface area contributed by atoms with Crippen LogP contribution >= 0.6 is 0 Å². The number of methoxy groups -OCH3 is 2. The highest BCUT2D eigenvalue weighted by molar-refractivity contribution is 6.01. The fourth-order valence-corrected chi connectivity index (χ4v) is 2.61. The van der Waals surface area contributed by atoms with Crippen LogP contribution in [0.3, 0.4) is 0 Å². The van der Waals surface area contributed by atoms with Gasteiger partial charge in [-0.3, -0.25) is 9.59 Å². The number of benzene rings is 1. The zero-order valence-electron chi connectivity index (χ0n) is 11.3. The molecule has 0 spiro atoms. The second-order valence-electron chi connectivity index (χ2n) is 4.81. The lowest BCUT2D eigenvalue weighted by atomic mass is 9.80. The first-order chi connectivity index (χ1) is 9.15.